The largest absolute Gasteiger partial charge is 0.354 e. The van der Waals surface area contributed by atoms with Crippen molar-refractivity contribution in [2.75, 3.05) is 6.54 Å². The van der Waals surface area contributed by atoms with Crippen molar-refractivity contribution in [1.82, 2.24) is 14.5 Å². The molecule has 3 aromatic rings. The molecule has 6 nitrogen and oxygen atoms in total. The number of nitrogens with zero attached hydrogens (tertiary/aromatic N) is 2. The fourth-order valence-electron chi connectivity index (χ4n) is 3.96. The third-order valence-corrected chi connectivity index (χ3v) is 6.46. The van der Waals surface area contributed by atoms with Crippen LogP contribution in [0.3, 0.4) is 0 Å². The summed E-state index contributed by atoms with van der Waals surface area (Å²) in [5.74, 6) is -0.226. The van der Waals surface area contributed by atoms with Crippen LogP contribution < -0.4 is 16.6 Å². The smallest absolute Gasteiger partial charge is 0.336 e. The molecule has 4 rings (SSSR count). The van der Waals surface area contributed by atoms with Gasteiger partial charge in [-0.25, -0.2) is 9.36 Å². The van der Waals surface area contributed by atoms with Gasteiger partial charge in [-0.2, -0.15) is 0 Å². The summed E-state index contributed by atoms with van der Waals surface area (Å²) in [5, 5.41) is 4.70. The van der Waals surface area contributed by atoms with Crippen LogP contribution >= 0.6 is 11.3 Å². The first-order valence-corrected chi connectivity index (χ1v) is 11.2. The summed E-state index contributed by atoms with van der Waals surface area (Å²) < 4.78 is 3.04. The van der Waals surface area contributed by atoms with E-state index in [9.17, 15) is 14.4 Å². The van der Waals surface area contributed by atoms with Crippen LogP contribution in [-0.2, 0) is 11.3 Å². The fraction of sp³-hybridized carbons (Fsp3) is 0.348. The number of fused-ring (bicyclic) bond motifs is 1. The zero-order chi connectivity index (χ0) is 21.1. The summed E-state index contributed by atoms with van der Waals surface area (Å²) in [4.78, 5) is 38.9. The third-order valence-electron chi connectivity index (χ3n) is 5.57. The summed E-state index contributed by atoms with van der Waals surface area (Å²) in [6.07, 6.45) is 7.80. The quantitative estimate of drug-likeness (QED) is 0.617. The minimum Gasteiger partial charge on any atom is -0.354 e. The average molecular weight is 424 g/mol. The molecule has 0 atom stereocenters. The second kappa shape index (κ2) is 8.83. The molecule has 1 amide bonds. The number of benzene rings is 1. The van der Waals surface area contributed by atoms with Crippen LogP contribution in [0.15, 0.2) is 57.0 Å². The van der Waals surface area contributed by atoms with Gasteiger partial charge in [0.05, 0.1) is 11.2 Å². The van der Waals surface area contributed by atoms with Crippen LogP contribution in [0.2, 0.25) is 0 Å². The van der Waals surface area contributed by atoms with Crippen molar-refractivity contribution in [2.24, 2.45) is 0 Å². The first kappa shape index (κ1) is 20.3. The van der Waals surface area contributed by atoms with E-state index in [1.54, 1.807) is 23.6 Å². The number of para-hydroxylation sites is 1. The van der Waals surface area contributed by atoms with E-state index in [1.807, 2.05) is 19.1 Å². The van der Waals surface area contributed by atoms with E-state index < -0.39 is 5.69 Å². The van der Waals surface area contributed by atoms with E-state index in [1.165, 1.54) is 38.9 Å². The summed E-state index contributed by atoms with van der Waals surface area (Å²) >= 11 is 1.28. The standard InChI is InChI=1S/C23H25N3O3S/c1-16-7-5-6-10-18(16)26-22(28)21-19(12-14-30-21)25(23(26)29)15-20(27)24-13-11-17-8-3-2-4-9-17/h5-8,10,12,14H,2-4,9,11,13,15H2,1H3,(H,24,27). The van der Waals surface area contributed by atoms with Crippen LogP contribution in [0.5, 0.6) is 0 Å². The molecular weight excluding hydrogens is 398 g/mol. The number of carbonyl (C=O) groups excluding carboxylic acids is 1. The van der Waals surface area contributed by atoms with Gasteiger partial charge >= 0.3 is 5.69 Å². The van der Waals surface area contributed by atoms with Gasteiger partial charge in [-0.1, -0.05) is 29.8 Å². The molecule has 1 aliphatic rings. The molecule has 7 heteroatoms. The molecule has 0 spiro atoms. The van der Waals surface area contributed by atoms with Gasteiger partial charge in [0.25, 0.3) is 5.56 Å². The van der Waals surface area contributed by atoms with E-state index in [-0.39, 0.29) is 18.0 Å². The topological polar surface area (TPSA) is 73.1 Å². The van der Waals surface area contributed by atoms with Gasteiger partial charge in [0, 0.05) is 6.54 Å². The van der Waals surface area contributed by atoms with Crippen molar-refractivity contribution in [2.45, 2.75) is 45.6 Å². The van der Waals surface area contributed by atoms with Crippen molar-refractivity contribution in [1.29, 1.82) is 0 Å². The molecular formula is C23H25N3O3S. The molecule has 2 heterocycles. The molecule has 0 radical (unpaired) electrons. The minimum absolute atomic E-state index is 0.114. The maximum atomic E-state index is 13.3. The lowest BCUT2D eigenvalue weighted by Crippen LogP contribution is -2.41. The van der Waals surface area contributed by atoms with E-state index in [0.29, 0.717) is 22.4 Å². The molecule has 0 bridgehead atoms. The second-order valence-electron chi connectivity index (χ2n) is 7.64. The predicted octanol–water partition coefficient (Wildman–Crippen LogP) is 3.53. The van der Waals surface area contributed by atoms with E-state index >= 15 is 0 Å². The average Bonchev–Trinajstić information content (AvgIpc) is 3.23. The van der Waals surface area contributed by atoms with Crippen LogP contribution in [-0.4, -0.2) is 21.6 Å². The zero-order valence-corrected chi connectivity index (χ0v) is 17.8. The molecule has 1 aromatic carbocycles. The SMILES string of the molecule is Cc1ccccc1-n1c(=O)c2sccc2n(CC(=O)NCCC2=CCCCC2)c1=O. The Hall–Kier alpha value is -2.93. The molecule has 156 valence electrons. The summed E-state index contributed by atoms with van der Waals surface area (Å²) in [7, 11) is 0. The Bertz CT molecular complexity index is 1230. The maximum Gasteiger partial charge on any atom is 0.336 e. The molecule has 2 aromatic heterocycles. The second-order valence-corrected chi connectivity index (χ2v) is 8.55. The van der Waals surface area contributed by atoms with E-state index in [2.05, 4.69) is 11.4 Å². The van der Waals surface area contributed by atoms with Gasteiger partial charge < -0.3 is 5.32 Å². The number of thiophene rings is 1. The molecule has 0 saturated carbocycles. The molecule has 0 fully saturated rings. The fourth-order valence-corrected chi connectivity index (χ4v) is 4.78. The van der Waals surface area contributed by atoms with Crippen molar-refractivity contribution >= 4 is 27.5 Å². The molecule has 0 saturated heterocycles. The lowest BCUT2D eigenvalue weighted by Gasteiger charge is -2.15. The van der Waals surface area contributed by atoms with E-state index in [4.69, 9.17) is 0 Å². The molecule has 1 aliphatic carbocycles. The lowest BCUT2D eigenvalue weighted by molar-refractivity contribution is -0.121. The maximum absolute atomic E-state index is 13.3. The number of hydrogen-bond donors (Lipinski definition) is 1. The number of allylic oxidation sites excluding steroid dienone is 1. The van der Waals surface area contributed by atoms with Gasteiger partial charge in [0.15, 0.2) is 0 Å². The van der Waals surface area contributed by atoms with Gasteiger partial charge in [0.1, 0.15) is 11.2 Å². The highest BCUT2D eigenvalue weighted by atomic mass is 32.1. The minimum atomic E-state index is -0.495. The monoisotopic (exact) mass is 423 g/mol. The summed E-state index contributed by atoms with van der Waals surface area (Å²) in [6, 6.07) is 8.99. The number of amides is 1. The van der Waals surface area contributed by atoms with Crippen molar-refractivity contribution < 1.29 is 4.79 Å². The predicted molar refractivity (Wildman–Crippen MR) is 121 cm³/mol. The first-order chi connectivity index (χ1) is 14.6. The number of hydrogen-bond acceptors (Lipinski definition) is 4. The molecule has 30 heavy (non-hydrogen) atoms. The van der Waals surface area contributed by atoms with Crippen LogP contribution in [0, 0.1) is 6.92 Å². The van der Waals surface area contributed by atoms with Gasteiger partial charge in [-0.05, 0) is 62.1 Å². The third kappa shape index (κ3) is 4.03. The van der Waals surface area contributed by atoms with Crippen LogP contribution in [0.4, 0.5) is 0 Å². The van der Waals surface area contributed by atoms with Gasteiger partial charge in [-0.15, -0.1) is 11.3 Å². The Labute approximate surface area is 178 Å². The van der Waals surface area contributed by atoms with Crippen LogP contribution in [0.1, 0.15) is 37.7 Å². The molecule has 0 aliphatic heterocycles. The Kier molecular flexibility index (Phi) is 5.99. The highest BCUT2D eigenvalue weighted by molar-refractivity contribution is 7.17. The molecule has 0 unspecified atom stereocenters. The van der Waals surface area contributed by atoms with Crippen LogP contribution in [0.25, 0.3) is 15.9 Å². The number of carbonyl (C=O) groups is 1. The number of nitrogens with one attached hydrogen (secondary N) is 1. The van der Waals surface area contributed by atoms with Gasteiger partial charge in [0.2, 0.25) is 5.91 Å². The summed E-state index contributed by atoms with van der Waals surface area (Å²) in [5.41, 5.74) is 2.42. The highest BCUT2D eigenvalue weighted by Gasteiger charge is 2.18. The summed E-state index contributed by atoms with van der Waals surface area (Å²) in [6.45, 7) is 2.30. The Morgan fingerprint density at radius 1 is 1.17 bits per heavy atom. The normalized spacial score (nSPS) is 14.0. The number of aryl methyl sites for hydroxylation is 1. The van der Waals surface area contributed by atoms with E-state index in [0.717, 1.165) is 24.8 Å². The Balaban J connectivity index is 1.62. The lowest BCUT2D eigenvalue weighted by atomic mass is 9.97. The first-order valence-electron chi connectivity index (χ1n) is 10.3. The van der Waals surface area contributed by atoms with Crippen molar-refractivity contribution in [3.8, 4) is 5.69 Å². The highest BCUT2D eigenvalue weighted by Crippen LogP contribution is 2.20. The number of aromatic nitrogens is 2. The van der Waals surface area contributed by atoms with Crippen molar-refractivity contribution in [3.63, 3.8) is 0 Å². The number of rotatable bonds is 6. The molecule has 1 N–H and O–H groups in total. The zero-order valence-electron chi connectivity index (χ0n) is 17.0. The van der Waals surface area contributed by atoms with Crippen molar-refractivity contribution in [3.05, 3.63) is 73.8 Å². The Morgan fingerprint density at radius 3 is 2.77 bits per heavy atom. The van der Waals surface area contributed by atoms with Gasteiger partial charge in [-0.3, -0.25) is 14.2 Å². The Morgan fingerprint density at radius 2 is 2.00 bits per heavy atom.